The normalized spacial score (nSPS) is 36.4. The molecule has 0 aromatic rings. The number of hydrogen-bond acceptors (Lipinski definition) is 3. The van der Waals surface area contributed by atoms with Crippen molar-refractivity contribution < 1.29 is 0 Å². The molecular weight excluding hydrogens is 186 g/mol. The van der Waals surface area contributed by atoms with Crippen LogP contribution in [0.4, 0.5) is 0 Å². The zero-order chi connectivity index (χ0) is 11.1. The Morgan fingerprint density at radius 3 is 2.80 bits per heavy atom. The third kappa shape index (κ3) is 1.52. The van der Waals surface area contributed by atoms with Crippen LogP contribution in [-0.2, 0) is 0 Å². The molecule has 2 N–H and O–H groups in total. The fourth-order valence-electron chi connectivity index (χ4n) is 3.37. The lowest BCUT2D eigenvalue weighted by Gasteiger charge is -2.48. The Bertz CT molecular complexity index is 272. The summed E-state index contributed by atoms with van der Waals surface area (Å²) in [6.07, 6.45) is 5.29. The summed E-state index contributed by atoms with van der Waals surface area (Å²) in [6, 6.07) is 0.469. The van der Waals surface area contributed by atoms with E-state index in [-0.39, 0.29) is 5.54 Å². The highest BCUT2D eigenvalue weighted by Gasteiger charge is 2.48. The van der Waals surface area contributed by atoms with Crippen LogP contribution >= 0.6 is 0 Å². The molecule has 86 valence electrons. The molecule has 3 heteroatoms. The second-order valence-electron chi connectivity index (χ2n) is 5.39. The van der Waals surface area contributed by atoms with E-state index in [0.29, 0.717) is 6.04 Å². The Morgan fingerprint density at radius 2 is 2.20 bits per heavy atom. The molecule has 0 saturated heterocycles. The molecule has 1 fully saturated rings. The number of aliphatic imine (C=N–C) groups is 1. The Kier molecular flexibility index (Phi) is 2.65. The maximum atomic E-state index is 6.02. The molecule has 1 aliphatic carbocycles. The zero-order valence-electron chi connectivity index (χ0n) is 10.2. The van der Waals surface area contributed by atoms with Gasteiger partial charge >= 0.3 is 0 Å². The van der Waals surface area contributed by atoms with E-state index in [9.17, 15) is 0 Å². The van der Waals surface area contributed by atoms with Gasteiger partial charge in [0.1, 0.15) is 0 Å². The molecule has 15 heavy (non-hydrogen) atoms. The van der Waals surface area contributed by atoms with E-state index < -0.39 is 0 Å². The third-order valence-electron chi connectivity index (χ3n) is 4.17. The summed E-state index contributed by atoms with van der Waals surface area (Å²) in [7, 11) is 0. The van der Waals surface area contributed by atoms with Crippen LogP contribution in [0.1, 0.15) is 46.5 Å². The molecule has 2 aliphatic rings. The minimum atomic E-state index is 0.247. The summed E-state index contributed by atoms with van der Waals surface area (Å²) < 4.78 is 0. The Labute approximate surface area is 92.7 Å². The van der Waals surface area contributed by atoms with E-state index in [0.717, 1.165) is 18.4 Å². The van der Waals surface area contributed by atoms with Gasteiger partial charge < -0.3 is 10.6 Å². The first-order valence-corrected chi connectivity index (χ1v) is 6.17. The van der Waals surface area contributed by atoms with Crippen LogP contribution in [0.2, 0.25) is 0 Å². The van der Waals surface area contributed by atoms with Gasteiger partial charge in [-0.1, -0.05) is 19.8 Å². The van der Waals surface area contributed by atoms with Crippen LogP contribution in [0.5, 0.6) is 0 Å². The fraction of sp³-hybridized carbons (Fsp3) is 0.917. The molecule has 1 aliphatic heterocycles. The molecule has 0 aromatic carbocycles. The standard InChI is InChI=1S/C12H23N3/c1-9(2)15-11(13)14-8-12(15)7-5-4-6-10(12)3/h9-10H,4-8H2,1-3H3,(H2,13,14). The lowest BCUT2D eigenvalue weighted by Crippen LogP contribution is -2.59. The molecule has 2 unspecified atom stereocenters. The van der Waals surface area contributed by atoms with Gasteiger partial charge in [-0.3, -0.25) is 4.99 Å². The first-order chi connectivity index (χ1) is 7.08. The second kappa shape index (κ2) is 3.69. The van der Waals surface area contributed by atoms with Gasteiger partial charge in [0.15, 0.2) is 5.96 Å². The zero-order valence-corrected chi connectivity index (χ0v) is 10.2. The lowest BCUT2D eigenvalue weighted by atomic mass is 9.72. The van der Waals surface area contributed by atoms with Crippen LogP contribution in [0, 0.1) is 5.92 Å². The van der Waals surface area contributed by atoms with Crippen LogP contribution in [-0.4, -0.2) is 29.0 Å². The highest BCUT2D eigenvalue weighted by atomic mass is 15.4. The fourth-order valence-corrected chi connectivity index (χ4v) is 3.37. The van der Waals surface area contributed by atoms with Crippen molar-refractivity contribution in [3.05, 3.63) is 0 Å². The van der Waals surface area contributed by atoms with Gasteiger partial charge in [0.05, 0.1) is 12.1 Å². The summed E-state index contributed by atoms with van der Waals surface area (Å²) in [5, 5.41) is 0. The molecule has 0 bridgehead atoms. The molecule has 0 amide bonds. The Morgan fingerprint density at radius 1 is 1.47 bits per heavy atom. The van der Waals surface area contributed by atoms with Crippen molar-refractivity contribution >= 4 is 5.96 Å². The van der Waals surface area contributed by atoms with E-state index >= 15 is 0 Å². The van der Waals surface area contributed by atoms with Gasteiger partial charge in [0, 0.05) is 6.04 Å². The maximum Gasteiger partial charge on any atom is 0.192 e. The topological polar surface area (TPSA) is 41.6 Å². The summed E-state index contributed by atoms with van der Waals surface area (Å²) in [5.41, 5.74) is 6.27. The minimum absolute atomic E-state index is 0.247. The highest BCUT2D eigenvalue weighted by Crippen LogP contribution is 2.41. The first-order valence-electron chi connectivity index (χ1n) is 6.17. The average Bonchev–Trinajstić information content (AvgIpc) is 2.50. The molecule has 0 aromatic heterocycles. The lowest BCUT2D eigenvalue weighted by molar-refractivity contribution is 0.0628. The number of nitrogens with two attached hydrogens (primary N) is 1. The number of nitrogens with zero attached hydrogens (tertiary/aromatic N) is 2. The molecular formula is C12H23N3. The molecule has 2 rings (SSSR count). The summed E-state index contributed by atoms with van der Waals surface area (Å²) in [6.45, 7) is 7.72. The average molecular weight is 209 g/mol. The van der Waals surface area contributed by atoms with Gasteiger partial charge in [-0.2, -0.15) is 0 Å². The smallest absolute Gasteiger partial charge is 0.192 e. The molecule has 0 radical (unpaired) electrons. The van der Waals surface area contributed by atoms with Crippen LogP contribution in [0.3, 0.4) is 0 Å². The van der Waals surface area contributed by atoms with Gasteiger partial charge in [-0.05, 0) is 32.6 Å². The summed E-state index contributed by atoms with van der Waals surface area (Å²) in [4.78, 5) is 6.86. The van der Waals surface area contributed by atoms with Crippen molar-refractivity contribution in [1.29, 1.82) is 0 Å². The van der Waals surface area contributed by atoms with Crippen molar-refractivity contribution in [2.24, 2.45) is 16.6 Å². The number of rotatable bonds is 1. The van der Waals surface area contributed by atoms with Crippen molar-refractivity contribution in [2.45, 2.75) is 58.0 Å². The molecule has 2 atom stereocenters. The first kappa shape index (κ1) is 10.8. The predicted octanol–water partition coefficient (Wildman–Crippen LogP) is 1.97. The van der Waals surface area contributed by atoms with Crippen LogP contribution in [0.15, 0.2) is 4.99 Å². The number of hydrogen-bond donors (Lipinski definition) is 1. The largest absolute Gasteiger partial charge is 0.370 e. The molecule has 1 heterocycles. The van der Waals surface area contributed by atoms with Crippen LogP contribution < -0.4 is 5.73 Å². The van der Waals surface area contributed by atoms with Gasteiger partial charge in [0.2, 0.25) is 0 Å². The highest BCUT2D eigenvalue weighted by molar-refractivity contribution is 5.81. The van der Waals surface area contributed by atoms with Crippen molar-refractivity contribution in [3.63, 3.8) is 0 Å². The Hall–Kier alpha value is -0.730. The summed E-state index contributed by atoms with van der Waals surface area (Å²) >= 11 is 0. The van der Waals surface area contributed by atoms with E-state index in [1.54, 1.807) is 0 Å². The quantitative estimate of drug-likeness (QED) is 0.717. The third-order valence-corrected chi connectivity index (χ3v) is 4.17. The second-order valence-corrected chi connectivity index (χ2v) is 5.39. The van der Waals surface area contributed by atoms with E-state index in [4.69, 9.17) is 5.73 Å². The van der Waals surface area contributed by atoms with Gasteiger partial charge in [0.25, 0.3) is 0 Å². The molecule has 3 nitrogen and oxygen atoms in total. The summed E-state index contributed by atoms with van der Waals surface area (Å²) in [5.74, 6) is 1.48. The molecule has 1 saturated carbocycles. The predicted molar refractivity (Wildman–Crippen MR) is 63.8 cm³/mol. The van der Waals surface area contributed by atoms with Crippen molar-refractivity contribution in [3.8, 4) is 0 Å². The number of guanidine groups is 1. The Balaban J connectivity index is 2.27. The minimum Gasteiger partial charge on any atom is -0.370 e. The van der Waals surface area contributed by atoms with Crippen molar-refractivity contribution in [2.75, 3.05) is 6.54 Å². The van der Waals surface area contributed by atoms with E-state index in [1.165, 1.54) is 25.7 Å². The van der Waals surface area contributed by atoms with Gasteiger partial charge in [-0.25, -0.2) is 0 Å². The van der Waals surface area contributed by atoms with E-state index in [2.05, 4.69) is 30.7 Å². The SMILES string of the molecule is CC(C)N1C(N)=NCC12CCCCC2C. The van der Waals surface area contributed by atoms with E-state index in [1.807, 2.05) is 0 Å². The maximum absolute atomic E-state index is 6.02. The molecule has 1 spiro atoms. The van der Waals surface area contributed by atoms with Gasteiger partial charge in [-0.15, -0.1) is 0 Å². The monoisotopic (exact) mass is 209 g/mol. The van der Waals surface area contributed by atoms with Crippen molar-refractivity contribution in [1.82, 2.24) is 4.90 Å². The van der Waals surface area contributed by atoms with Crippen LogP contribution in [0.25, 0.3) is 0 Å².